The van der Waals surface area contributed by atoms with E-state index in [1.165, 1.54) is 28.6 Å². The molecule has 0 heterocycles. The predicted molar refractivity (Wildman–Crippen MR) is 155 cm³/mol. The van der Waals surface area contributed by atoms with Gasteiger partial charge in [0.1, 0.15) is 0 Å². The molecule has 0 spiro atoms. The molecule has 39 heavy (non-hydrogen) atoms. The highest BCUT2D eigenvalue weighted by atomic mass is 32.2. The standard InChI is InChI=1S/C29H29N3O5S2/c1-21-8-4-6-10-24(21)20-32(38(3,34)35)26-16-12-23(13-17-26)29(33)30-25-14-18-27(19-15-25)39(36,37)31-28-11-7-5-9-22(28)2/h4-19,31H,20H2,1-3H3,(H,30,33). The number of para-hydroxylation sites is 1. The van der Waals surface area contributed by atoms with Crippen LogP contribution in [-0.4, -0.2) is 29.0 Å². The van der Waals surface area contributed by atoms with E-state index in [1.807, 2.05) is 50.2 Å². The molecular weight excluding hydrogens is 534 g/mol. The molecule has 0 radical (unpaired) electrons. The lowest BCUT2D eigenvalue weighted by Gasteiger charge is -2.23. The number of amides is 1. The van der Waals surface area contributed by atoms with E-state index in [-0.39, 0.29) is 11.4 Å². The molecule has 0 aliphatic heterocycles. The number of anilines is 3. The molecule has 1 amide bonds. The van der Waals surface area contributed by atoms with Crippen molar-refractivity contribution in [3.8, 4) is 0 Å². The quantitative estimate of drug-likeness (QED) is 0.286. The van der Waals surface area contributed by atoms with Gasteiger partial charge in [-0.3, -0.25) is 13.8 Å². The predicted octanol–water partition coefficient (Wildman–Crippen LogP) is 5.32. The molecule has 0 saturated carbocycles. The summed E-state index contributed by atoms with van der Waals surface area (Å²) in [5.74, 6) is -0.417. The zero-order chi connectivity index (χ0) is 28.2. The molecule has 0 bridgehead atoms. The maximum absolute atomic E-state index is 12.8. The fourth-order valence-electron chi connectivity index (χ4n) is 3.93. The number of hydrogen-bond acceptors (Lipinski definition) is 5. The molecule has 10 heteroatoms. The molecule has 202 valence electrons. The van der Waals surface area contributed by atoms with Crippen molar-refractivity contribution in [2.24, 2.45) is 0 Å². The normalized spacial score (nSPS) is 11.6. The van der Waals surface area contributed by atoms with Gasteiger partial charge in [0.05, 0.1) is 29.1 Å². The van der Waals surface area contributed by atoms with Gasteiger partial charge in [-0.15, -0.1) is 0 Å². The fraction of sp³-hybridized carbons (Fsp3) is 0.138. The highest BCUT2D eigenvalue weighted by molar-refractivity contribution is 7.92. The van der Waals surface area contributed by atoms with Crippen LogP contribution in [0.5, 0.6) is 0 Å². The van der Waals surface area contributed by atoms with Crippen LogP contribution in [0.25, 0.3) is 0 Å². The van der Waals surface area contributed by atoms with Gasteiger partial charge in [-0.1, -0.05) is 42.5 Å². The van der Waals surface area contributed by atoms with Crippen molar-refractivity contribution in [1.29, 1.82) is 0 Å². The highest BCUT2D eigenvalue weighted by Crippen LogP contribution is 2.24. The van der Waals surface area contributed by atoms with Crippen LogP contribution in [0.4, 0.5) is 17.1 Å². The largest absolute Gasteiger partial charge is 0.322 e. The van der Waals surface area contributed by atoms with Crippen LogP contribution >= 0.6 is 0 Å². The third-order valence-electron chi connectivity index (χ3n) is 6.20. The lowest BCUT2D eigenvalue weighted by molar-refractivity contribution is 0.102. The second kappa shape index (κ2) is 11.3. The van der Waals surface area contributed by atoms with E-state index in [2.05, 4.69) is 10.0 Å². The molecule has 0 aliphatic rings. The van der Waals surface area contributed by atoms with Gasteiger partial charge in [0.25, 0.3) is 15.9 Å². The Kier molecular flexibility index (Phi) is 8.08. The fourth-order valence-corrected chi connectivity index (χ4v) is 5.94. The third kappa shape index (κ3) is 6.84. The molecule has 0 aliphatic carbocycles. The van der Waals surface area contributed by atoms with Crippen LogP contribution in [0, 0.1) is 13.8 Å². The number of carbonyl (C=O) groups is 1. The van der Waals surface area contributed by atoms with Gasteiger partial charge in [0.2, 0.25) is 10.0 Å². The number of sulfonamides is 2. The number of benzene rings is 4. The van der Waals surface area contributed by atoms with E-state index in [0.29, 0.717) is 22.6 Å². The first kappa shape index (κ1) is 27.9. The number of nitrogens with one attached hydrogen (secondary N) is 2. The van der Waals surface area contributed by atoms with Gasteiger partial charge in [-0.05, 0) is 85.1 Å². The van der Waals surface area contributed by atoms with Gasteiger partial charge < -0.3 is 5.32 Å². The van der Waals surface area contributed by atoms with E-state index >= 15 is 0 Å². The molecule has 0 fully saturated rings. The molecule has 4 rings (SSSR count). The van der Waals surface area contributed by atoms with Crippen molar-refractivity contribution in [2.75, 3.05) is 20.6 Å². The Bertz CT molecular complexity index is 1700. The number of aryl methyl sites for hydroxylation is 2. The van der Waals surface area contributed by atoms with E-state index in [1.54, 1.807) is 36.4 Å². The minimum Gasteiger partial charge on any atom is -0.322 e. The van der Waals surface area contributed by atoms with Crippen molar-refractivity contribution in [3.63, 3.8) is 0 Å². The summed E-state index contributed by atoms with van der Waals surface area (Å²) in [5.41, 5.74) is 4.32. The SMILES string of the molecule is Cc1ccccc1CN(c1ccc(C(=O)Nc2ccc(S(=O)(=O)Nc3ccccc3C)cc2)cc1)S(C)(=O)=O. The number of nitrogens with zero attached hydrogens (tertiary/aromatic N) is 1. The zero-order valence-electron chi connectivity index (χ0n) is 21.7. The van der Waals surface area contributed by atoms with Crippen molar-refractivity contribution in [1.82, 2.24) is 0 Å². The molecule has 4 aromatic carbocycles. The summed E-state index contributed by atoms with van der Waals surface area (Å²) in [6, 6.07) is 26.7. The van der Waals surface area contributed by atoms with Gasteiger partial charge >= 0.3 is 0 Å². The summed E-state index contributed by atoms with van der Waals surface area (Å²) in [5, 5.41) is 2.74. The highest BCUT2D eigenvalue weighted by Gasteiger charge is 2.20. The van der Waals surface area contributed by atoms with Crippen molar-refractivity contribution in [2.45, 2.75) is 25.3 Å². The lowest BCUT2D eigenvalue weighted by atomic mass is 10.1. The van der Waals surface area contributed by atoms with Crippen molar-refractivity contribution < 1.29 is 21.6 Å². The third-order valence-corrected chi connectivity index (χ3v) is 8.73. The van der Waals surface area contributed by atoms with E-state index < -0.39 is 26.0 Å². The van der Waals surface area contributed by atoms with E-state index in [9.17, 15) is 21.6 Å². The monoisotopic (exact) mass is 563 g/mol. The molecule has 0 saturated heterocycles. The Morgan fingerprint density at radius 3 is 1.92 bits per heavy atom. The Labute approximate surface area is 229 Å². The first-order valence-corrected chi connectivity index (χ1v) is 15.4. The second-order valence-electron chi connectivity index (χ2n) is 9.14. The van der Waals surface area contributed by atoms with Crippen LogP contribution in [0.15, 0.2) is 102 Å². The van der Waals surface area contributed by atoms with Crippen LogP contribution in [-0.2, 0) is 26.6 Å². The smallest absolute Gasteiger partial charge is 0.261 e. The van der Waals surface area contributed by atoms with E-state index in [4.69, 9.17) is 0 Å². The van der Waals surface area contributed by atoms with Crippen molar-refractivity contribution >= 4 is 43.0 Å². The maximum Gasteiger partial charge on any atom is 0.261 e. The van der Waals surface area contributed by atoms with Crippen molar-refractivity contribution in [3.05, 3.63) is 119 Å². The van der Waals surface area contributed by atoms with Gasteiger partial charge in [-0.2, -0.15) is 0 Å². The van der Waals surface area contributed by atoms with Gasteiger partial charge in [0, 0.05) is 11.3 Å². The number of carbonyl (C=O) groups excluding carboxylic acids is 1. The Morgan fingerprint density at radius 2 is 1.33 bits per heavy atom. The summed E-state index contributed by atoms with van der Waals surface area (Å²) < 4.78 is 54.4. The minimum absolute atomic E-state index is 0.0580. The summed E-state index contributed by atoms with van der Waals surface area (Å²) in [6.07, 6.45) is 1.15. The Morgan fingerprint density at radius 1 is 0.744 bits per heavy atom. The summed E-state index contributed by atoms with van der Waals surface area (Å²) >= 11 is 0. The van der Waals surface area contributed by atoms with Crippen LogP contribution in [0.2, 0.25) is 0 Å². The lowest BCUT2D eigenvalue weighted by Crippen LogP contribution is -2.29. The first-order valence-electron chi connectivity index (χ1n) is 12.1. The first-order chi connectivity index (χ1) is 18.4. The van der Waals surface area contributed by atoms with Gasteiger partial charge in [-0.25, -0.2) is 16.8 Å². The average Bonchev–Trinajstić information content (AvgIpc) is 2.89. The molecule has 2 N–H and O–H groups in total. The Balaban J connectivity index is 1.46. The second-order valence-corrected chi connectivity index (χ2v) is 12.7. The molecule has 4 aromatic rings. The minimum atomic E-state index is -3.80. The topological polar surface area (TPSA) is 113 Å². The van der Waals surface area contributed by atoms with E-state index in [0.717, 1.165) is 22.9 Å². The number of hydrogen-bond donors (Lipinski definition) is 2. The van der Waals surface area contributed by atoms with Crippen LogP contribution < -0.4 is 14.3 Å². The molecule has 0 atom stereocenters. The Hall–Kier alpha value is -4.15. The molecule has 0 aromatic heterocycles. The van der Waals surface area contributed by atoms with Crippen LogP contribution in [0.1, 0.15) is 27.0 Å². The zero-order valence-corrected chi connectivity index (χ0v) is 23.4. The molecule has 0 unspecified atom stereocenters. The summed E-state index contributed by atoms with van der Waals surface area (Å²) in [6.45, 7) is 3.91. The molecule has 8 nitrogen and oxygen atoms in total. The van der Waals surface area contributed by atoms with Gasteiger partial charge in [0.15, 0.2) is 0 Å². The molecular formula is C29H29N3O5S2. The maximum atomic E-state index is 12.8. The number of rotatable bonds is 9. The summed E-state index contributed by atoms with van der Waals surface area (Å²) in [7, 11) is -7.37. The summed E-state index contributed by atoms with van der Waals surface area (Å²) in [4.78, 5) is 12.9. The average molecular weight is 564 g/mol. The van der Waals surface area contributed by atoms with Crippen LogP contribution in [0.3, 0.4) is 0 Å².